The van der Waals surface area contributed by atoms with Crippen molar-refractivity contribution in [1.29, 1.82) is 0 Å². The second-order valence-electron chi connectivity index (χ2n) is 5.75. The Morgan fingerprint density at radius 3 is 1.88 bits per heavy atom. The van der Waals surface area contributed by atoms with Crippen LogP contribution in [0.25, 0.3) is 0 Å². The van der Waals surface area contributed by atoms with Crippen molar-refractivity contribution in [2.45, 2.75) is 33.6 Å². The molecule has 140 valence electrons. The summed E-state index contributed by atoms with van der Waals surface area (Å²) in [5.74, 6) is -4.28. The van der Waals surface area contributed by atoms with Gasteiger partial charge >= 0.3 is 11.9 Å². The van der Waals surface area contributed by atoms with E-state index >= 15 is 0 Å². The maximum atomic E-state index is 13.8. The summed E-state index contributed by atoms with van der Waals surface area (Å²) < 4.78 is 37.4. The van der Waals surface area contributed by atoms with Gasteiger partial charge in [-0.3, -0.25) is 0 Å². The smallest absolute Gasteiger partial charge is 0.336 e. The van der Waals surface area contributed by atoms with E-state index < -0.39 is 29.5 Å². The molecule has 1 aliphatic rings. The molecule has 0 atom stereocenters. The van der Waals surface area contributed by atoms with Crippen molar-refractivity contribution >= 4 is 11.9 Å². The Hall–Kier alpha value is -2.70. The highest BCUT2D eigenvalue weighted by atomic mass is 19.2. The highest BCUT2D eigenvalue weighted by Crippen LogP contribution is 2.39. The van der Waals surface area contributed by atoms with Crippen LogP contribution in [0.4, 0.5) is 8.78 Å². The summed E-state index contributed by atoms with van der Waals surface area (Å²) >= 11 is 0. The van der Waals surface area contributed by atoms with Crippen LogP contribution in [-0.4, -0.2) is 25.2 Å². The third kappa shape index (κ3) is 3.76. The molecule has 5 nitrogen and oxygen atoms in total. The van der Waals surface area contributed by atoms with Crippen LogP contribution in [0.1, 0.15) is 39.2 Å². The molecule has 1 aromatic rings. The average molecular weight is 365 g/mol. The van der Waals surface area contributed by atoms with E-state index in [0.717, 1.165) is 12.1 Å². The van der Waals surface area contributed by atoms with E-state index in [1.165, 1.54) is 6.07 Å². The van der Waals surface area contributed by atoms with Crippen LogP contribution in [0.15, 0.2) is 40.7 Å². The van der Waals surface area contributed by atoms with Gasteiger partial charge in [0.1, 0.15) is 0 Å². The minimum atomic E-state index is -1.07. The van der Waals surface area contributed by atoms with E-state index in [2.05, 4.69) is 5.32 Å². The SMILES string of the molecule is CCOC(=O)C1=C(C)NC(C)=C(C(=O)OCC)C1c1ccc(F)c(F)c1. The zero-order chi connectivity index (χ0) is 19.4. The molecular weight excluding hydrogens is 344 g/mol. The number of rotatable bonds is 5. The zero-order valence-corrected chi connectivity index (χ0v) is 15.1. The Morgan fingerprint density at radius 2 is 1.46 bits per heavy atom. The molecule has 7 heteroatoms. The van der Waals surface area contributed by atoms with Crippen molar-refractivity contribution in [1.82, 2.24) is 5.32 Å². The summed E-state index contributed by atoms with van der Waals surface area (Å²) in [5.41, 5.74) is 1.53. The Morgan fingerprint density at radius 1 is 0.962 bits per heavy atom. The number of allylic oxidation sites excluding steroid dienone is 2. The van der Waals surface area contributed by atoms with Crippen molar-refractivity contribution in [2.75, 3.05) is 13.2 Å². The van der Waals surface area contributed by atoms with Crippen molar-refractivity contribution in [3.63, 3.8) is 0 Å². The number of esters is 2. The largest absolute Gasteiger partial charge is 0.463 e. The van der Waals surface area contributed by atoms with Crippen LogP contribution in [0.3, 0.4) is 0 Å². The van der Waals surface area contributed by atoms with Crippen LogP contribution in [0, 0.1) is 11.6 Å². The maximum Gasteiger partial charge on any atom is 0.336 e. The lowest BCUT2D eigenvalue weighted by Gasteiger charge is -2.30. The lowest BCUT2D eigenvalue weighted by atomic mass is 9.80. The van der Waals surface area contributed by atoms with Gasteiger partial charge in [-0.1, -0.05) is 6.07 Å². The van der Waals surface area contributed by atoms with Crippen molar-refractivity contribution in [3.8, 4) is 0 Å². The topological polar surface area (TPSA) is 64.6 Å². The summed E-state index contributed by atoms with van der Waals surface area (Å²) in [6.45, 7) is 6.90. The number of ether oxygens (including phenoxy) is 2. The number of carbonyl (C=O) groups excluding carboxylic acids is 2. The molecule has 26 heavy (non-hydrogen) atoms. The Labute approximate surface area is 150 Å². The van der Waals surface area contributed by atoms with Crippen LogP contribution in [0.2, 0.25) is 0 Å². The van der Waals surface area contributed by atoms with Crippen LogP contribution >= 0.6 is 0 Å². The van der Waals surface area contributed by atoms with Gasteiger partial charge in [-0.05, 0) is 45.4 Å². The number of hydrogen-bond acceptors (Lipinski definition) is 5. The predicted molar refractivity (Wildman–Crippen MR) is 90.9 cm³/mol. The molecule has 1 N–H and O–H groups in total. The number of hydrogen-bond donors (Lipinski definition) is 1. The summed E-state index contributed by atoms with van der Waals surface area (Å²) in [6, 6.07) is 3.28. The van der Waals surface area contributed by atoms with Gasteiger partial charge < -0.3 is 14.8 Å². The molecule has 0 aliphatic carbocycles. The van der Waals surface area contributed by atoms with E-state index in [0.29, 0.717) is 11.4 Å². The summed E-state index contributed by atoms with van der Waals surface area (Å²) in [5, 5.41) is 2.97. The molecule has 2 rings (SSSR count). The number of carbonyl (C=O) groups is 2. The average Bonchev–Trinajstić information content (AvgIpc) is 2.57. The van der Waals surface area contributed by atoms with Gasteiger partial charge in [0.25, 0.3) is 0 Å². The van der Waals surface area contributed by atoms with Gasteiger partial charge in [0.05, 0.1) is 30.3 Å². The third-order valence-electron chi connectivity index (χ3n) is 4.03. The molecule has 0 spiro atoms. The first-order valence-electron chi connectivity index (χ1n) is 8.29. The fourth-order valence-electron chi connectivity index (χ4n) is 2.98. The predicted octanol–water partition coefficient (Wildman–Crippen LogP) is 3.33. The lowest BCUT2D eigenvalue weighted by Crippen LogP contribution is -2.32. The van der Waals surface area contributed by atoms with Gasteiger partial charge in [0.15, 0.2) is 11.6 Å². The van der Waals surface area contributed by atoms with Crippen molar-refractivity contribution in [2.24, 2.45) is 0 Å². The molecule has 0 fully saturated rings. The highest BCUT2D eigenvalue weighted by molar-refractivity contribution is 5.99. The Kier molecular flexibility index (Phi) is 6.13. The molecule has 0 saturated heterocycles. The highest BCUT2D eigenvalue weighted by Gasteiger charge is 2.38. The number of halogens is 2. The molecule has 0 saturated carbocycles. The normalized spacial score (nSPS) is 15.0. The second kappa shape index (κ2) is 8.12. The van der Waals surface area contributed by atoms with Crippen LogP contribution < -0.4 is 5.32 Å². The monoisotopic (exact) mass is 365 g/mol. The van der Waals surface area contributed by atoms with Crippen LogP contribution in [-0.2, 0) is 19.1 Å². The lowest BCUT2D eigenvalue weighted by molar-refractivity contribution is -0.139. The van der Waals surface area contributed by atoms with Gasteiger partial charge in [0, 0.05) is 11.4 Å². The molecular formula is C19H21F2NO4. The summed E-state index contributed by atoms with van der Waals surface area (Å²) in [7, 11) is 0. The summed E-state index contributed by atoms with van der Waals surface area (Å²) in [6.07, 6.45) is 0. The first-order chi connectivity index (χ1) is 12.3. The van der Waals surface area contributed by atoms with E-state index in [-0.39, 0.29) is 29.9 Å². The zero-order valence-electron chi connectivity index (χ0n) is 15.1. The molecule has 1 aliphatic heterocycles. The Bertz CT molecular complexity index is 759. The van der Waals surface area contributed by atoms with E-state index in [9.17, 15) is 18.4 Å². The minimum Gasteiger partial charge on any atom is -0.463 e. The van der Waals surface area contributed by atoms with E-state index in [1.54, 1.807) is 27.7 Å². The molecule has 0 amide bonds. The maximum absolute atomic E-state index is 13.8. The fourth-order valence-corrected chi connectivity index (χ4v) is 2.98. The van der Waals surface area contributed by atoms with Gasteiger partial charge in [-0.25, -0.2) is 18.4 Å². The molecule has 1 aromatic carbocycles. The fraction of sp³-hybridized carbons (Fsp3) is 0.368. The van der Waals surface area contributed by atoms with Crippen molar-refractivity contribution < 1.29 is 27.8 Å². The number of dihydropyridines is 1. The van der Waals surface area contributed by atoms with Gasteiger partial charge in [-0.15, -0.1) is 0 Å². The second-order valence-corrected chi connectivity index (χ2v) is 5.75. The van der Waals surface area contributed by atoms with Crippen molar-refractivity contribution in [3.05, 3.63) is 57.9 Å². The third-order valence-corrected chi connectivity index (χ3v) is 4.03. The number of benzene rings is 1. The first-order valence-corrected chi connectivity index (χ1v) is 8.29. The number of nitrogens with one attached hydrogen (secondary N) is 1. The first kappa shape index (κ1) is 19.6. The standard InChI is InChI=1S/C19H21F2NO4/c1-5-25-18(23)15-10(3)22-11(4)16(19(24)26-6-2)17(15)12-7-8-13(20)14(21)9-12/h7-9,17,22H,5-6H2,1-4H3. The molecule has 1 heterocycles. The molecule has 0 unspecified atom stereocenters. The molecule has 0 aromatic heterocycles. The Balaban J connectivity index is 2.66. The quantitative estimate of drug-likeness (QED) is 0.811. The van der Waals surface area contributed by atoms with Gasteiger partial charge in [0.2, 0.25) is 0 Å². The summed E-state index contributed by atoms with van der Waals surface area (Å²) in [4.78, 5) is 25.0. The van der Waals surface area contributed by atoms with E-state index in [1.807, 2.05) is 0 Å². The molecule has 0 radical (unpaired) electrons. The van der Waals surface area contributed by atoms with Gasteiger partial charge in [-0.2, -0.15) is 0 Å². The minimum absolute atomic E-state index is 0.136. The van der Waals surface area contributed by atoms with E-state index in [4.69, 9.17) is 9.47 Å². The molecule has 0 bridgehead atoms. The van der Waals surface area contributed by atoms with Crippen LogP contribution in [0.5, 0.6) is 0 Å².